The van der Waals surface area contributed by atoms with Crippen molar-refractivity contribution in [2.24, 2.45) is 5.92 Å². The molecule has 134 valence electrons. The first-order valence-corrected chi connectivity index (χ1v) is 9.54. The van der Waals surface area contributed by atoms with Crippen molar-refractivity contribution in [1.29, 1.82) is 0 Å². The van der Waals surface area contributed by atoms with Gasteiger partial charge in [-0.25, -0.2) is 8.42 Å². The maximum absolute atomic E-state index is 12.5. The molecule has 1 N–H and O–H groups in total. The predicted octanol–water partition coefficient (Wildman–Crippen LogP) is 0.145. The summed E-state index contributed by atoms with van der Waals surface area (Å²) in [6.07, 6.45) is 1.48. The second-order valence-corrected chi connectivity index (χ2v) is 7.92. The van der Waals surface area contributed by atoms with Gasteiger partial charge in [-0.1, -0.05) is 0 Å². The molecule has 0 unspecified atom stereocenters. The summed E-state index contributed by atoms with van der Waals surface area (Å²) in [6, 6.07) is 2.74. The van der Waals surface area contributed by atoms with Crippen LogP contribution in [-0.2, 0) is 14.8 Å². The van der Waals surface area contributed by atoms with Crippen molar-refractivity contribution in [3.05, 3.63) is 17.9 Å². The molecule has 0 saturated carbocycles. The van der Waals surface area contributed by atoms with Crippen molar-refractivity contribution in [2.75, 3.05) is 46.0 Å². The van der Waals surface area contributed by atoms with Gasteiger partial charge in [0.2, 0.25) is 5.09 Å². The summed E-state index contributed by atoms with van der Waals surface area (Å²) in [5.41, 5.74) is 0. The highest BCUT2D eigenvalue weighted by Gasteiger charge is 2.31. The topological polar surface area (TPSA) is 100 Å². The van der Waals surface area contributed by atoms with Crippen LogP contribution in [0.3, 0.4) is 0 Å². The van der Waals surface area contributed by atoms with Crippen LogP contribution in [0.1, 0.15) is 23.4 Å². The lowest BCUT2D eigenvalue weighted by Crippen LogP contribution is -2.40. The van der Waals surface area contributed by atoms with Gasteiger partial charge in [0.05, 0.1) is 13.2 Å². The third-order valence-corrected chi connectivity index (χ3v) is 6.29. The molecule has 9 heteroatoms. The van der Waals surface area contributed by atoms with E-state index < -0.39 is 10.0 Å². The van der Waals surface area contributed by atoms with Crippen LogP contribution < -0.4 is 0 Å². The van der Waals surface area contributed by atoms with E-state index in [-0.39, 0.29) is 42.4 Å². The van der Waals surface area contributed by atoms with E-state index in [2.05, 4.69) is 0 Å². The zero-order valence-corrected chi connectivity index (χ0v) is 14.2. The van der Waals surface area contributed by atoms with Crippen molar-refractivity contribution in [1.82, 2.24) is 9.21 Å². The zero-order chi connectivity index (χ0) is 17.2. The molecule has 0 aliphatic carbocycles. The highest BCUT2D eigenvalue weighted by atomic mass is 32.2. The summed E-state index contributed by atoms with van der Waals surface area (Å²) in [5, 5.41) is 8.94. The molecular weight excluding hydrogens is 336 g/mol. The fraction of sp³-hybridized carbons (Fsp3) is 0.667. The zero-order valence-electron chi connectivity index (χ0n) is 13.4. The van der Waals surface area contributed by atoms with Gasteiger partial charge in [0.15, 0.2) is 5.76 Å². The highest BCUT2D eigenvalue weighted by molar-refractivity contribution is 7.89. The van der Waals surface area contributed by atoms with Crippen molar-refractivity contribution < 1.29 is 27.5 Å². The molecule has 8 nitrogen and oxygen atoms in total. The van der Waals surface area contributed by atoms with E-state index in [9.17, 15) is 13.2 Å². The molecule has 2 aliphatic rings. The lowest BCUT2D eigenvalue weighted by Gasteiger charge is -2.30. The van der Waals surface area contributed by atoms with Crippen LogP contribution in [0.15, 0.2) is 21.6 Å². The number of furan rings is 1. The third-order valence-electron chi connectivity index (χ3n) is 4.52. The highest BCUT2D eigenvalue weighted by Crippen LogP contribution is 2.23. The van der Waals surface area contributed by atoms with Crippen LogP contribution in [0.4, 0.5) is 0 Å². The first kappa shape index (κ1) is 17.4. The number of carbonyl (C=O) groups is 1. The number of hydrogen-bond acceptors (Lipinski definition) is 6. The van der Waals surface area contributed by atoms with E-state index in [1.807, 2.05) is 0 Å². The third kappa shape index (κ3) is 3.49. The number of carbonyl (C=O) groups excluding carboxylic acids is 1. The minimum Gasteiger partial charge on any atom is -0.438 e. The molecule has 2 saturated heterocycles. The summed E-state index contributed by atoms with van der Waals surface area (Å²) in [4.78, 5) is 14.1. The number of aliphatic hydroxyl groups excluding tert-OH is 1. The molecule has 1 amide bonds. The fourth-order valence-electron chi connectivity index (χ4n) is 2.96. The Labute approximate surface area is 141 Å². The van der Waals surface area contributed by atoms with E-state index in [0.717, 1.165) is 12.8 Å². The quantitative estimate of drug-likeness (QED) is 0.822. The Hall–Kier alpha value is -1.42. The van der Waals surface area contributed by atoms with Crippen LogP contribution >= 0.6 is 0 Å². The largest absolute Gasteiger partial charge is 0.438 e. The molecule has 0 aromatic carbocycles. The number of rotatable bonds is 4. The van der Waals surface area contributed by atoms with E-state index >= 15 is 0 Å². The molecule has 0 radical (unpaired) electrons. The molecule has 0 bridgehead atoms. The number of piperidine rings is 1. The fourth-order valence-corrected chi connectivity index (χ4v) is 4.28. The van der Waals surface area contributed by atoms with Crippen LogP contribution in [0.5, 0.6) is 0 Å². The van der Waals surface area contributed by atoms with Gasteiger partial charge in [0.25, 0.3) is 15.9 Å². The summed E-state index contributed by atoms with van der Waals surface area (Å²) in [7, 11) is -3.74. The molecule has 3 heterocycles. The number of morpholine rings is 1. The molecule has 0 spiro atoms. The molecule has 3 rings (SSSR count). The SMILES string of the molecule is O=C(c1ccc(S(=O)(=O)N2CCOCC2)o1)N1CCC(CO)CC1. The lowest BCUT2D eigenvalue weighted by molar-refractivity contribution is 0.0612. The van der Waals surface area contributed by atoms with Gasteiger partial charge in [-0.3, -0.25) is 4.79 Å². The first-order valence-electron chi connectivity index (χ1n) is 8.10. The van der Waals surface area contributed by atoms with Crippen LogP contribution in [0.25, 0.3) is 0 Å². The minimum atomic E-state index is -3.74. The molecule has 1 aromatic rings. The number of nitrogens with zero attached hydrogens (tertiary/aromatic N) is 2. The summed E-state index contributed by atoms with van der Waals surface area (Å²) in [6.45, 7) is 2.47. The Kier molecular flexibility index (Phi) is 5.24. The maximum atomic E-state index is 12.5. The van der Waals surface area contributed by atoms with Gasteiger partial charge in [0, 0.05) is 32.8 Å². The van der Waals surface area contributed by atoms with Gasteiger partial charge in [-0.15, -0.1) is 0 Å². The summed E-state index contributed by atoms with van der Waals surface area (Å²) in [5.74, 6) is -0.0537. The molecular formula is C15H22N2O6S. The average Bonchev–Trinajstić information content (AvgIpc) is 3.13. The summed E-state index contributed by atoms with van der Waals surface area (Å²) >= 11 is 0. The smallest absolute Gasteiger partial charge is 0.289 e. The van der Waals surface area contributed by atoms with E-state index in [0.29, 0.717) is 26.3 Å². The Morgan fingerprint density at radius 1 is 1.17 bits per heavy atom. The Morgan fingerprint density at radius 2 is 1.83 bits per heavy atom. The first-order chi connectivity index (χ1) is 11.5. The van der Waals surface area contributed by atoms with Gasteiger partial charge < -0.3 is 19.2 Å². The van der Waals surface area contributed by atoms with Crippen LogP contribution in [-0.4, -0.2) is 74.6 Å². The Bertz CT molecular complexity index is 672. The molecule has 24 heavy (non-hydrogen) atoms. The van der Waals surface area contributed by atoms with E-state index in [1.54, 1.807) is 4.90 Å². The minimum absolute atomic E-state index is 0.0317. The van der Waals surface area contributed by atoms with Crippen molar-refractivity contribution >= 4 is 15.9 Å². The molecule has 2 fully saturated rings. The van der Waals surface area contributed by atoms with Crippen LogP contribution in [0.2, 0.25) is 0 Å². The van der Waals surface area contributed by atoms with Crippen LogP contribution in [0, 0.1) is 5.92 Å². The van der Waals surface area contributed by atoms with E-state index in [1.165, 1.54) is 16.4 Å². The molecule has 1 aromatic heterocycles. The number of ether oxygens (including phenoxy) is 1. The van der Waals surface area contributed by atoms with Crippen molar-refractivity contribution in [3.8, 4) is 0 Å². The second-order valence-electron chi connectivity index (χ2n) is 6.05. The monoisotopic (exact) mass is 358 g/mol. The standard InChI is InChI=1S/C15H22N2O6S/c18-11-12-3-5-16(6-4-12)15(19)13-1-2-14(23-13)24(20,21)17-7-9-22-10-8-17/h1-2,12,18H,3-11H2. The van der Waals surface area contributed by atoms with E-state index in [4.69, 9.17) is 14.3 Å². The van der Waals surface area contributed by atoms with Gasteiger partial charge >= 0.3 is 0 Å². The number of sulfonamides is 1. The normalized spacial score (nSPS) is 21.1. The molecule has 0 atom stereocenters. The second kappa shape index (κ2) is 7.22. The van der Waals surface area contributed by atoms with Crippen molar-refractivity contribution in [3.63, 3.8) is 0 Å². The average molecular weight is 358 g/mol. The lowest BCUT2D eigenvalue weighted by atomic mass is 9.98. The number of amides is 1. The Balaban J connectivity index is 1.70. The van der Waals surface area contributed by atoms with Crippen molar-refractivity contribution in [2.45, 2.75) is 17.9 Å². The predicted molar refractivity (Wildman–Crippen MR) is 84.0 cm³/mol. The Morgan fingerprint density at radius 3 is 2.46 bits per heavy atom. The summed E-state index contributed by atoms with van der Waals surface area (Å²) < 4.78 is 36.8. The van der Waals surface area contributed by atoms with Gasteiger partial charge in [-0.05, 0) is 30.9 Å². The number of aliphatic hydroxyl groups is 1. The van der Waals surface area contributed by atoms with Gasteiger partial charge in [-0.2, -0.15) is 4.31 Å². The number of hydrogen-bond donors (Lipinski definition) is 1. The van der Waals surface area contributed by atoms with Gasteiger partial charge in [0.1, 0.15) is 0 Å². The number of likely N-dealkylation sites (tertiary alicyclic amines) is 1. The molecule has 2 aliphatic heterocycles. The maximum Gasteiger partial charge on any atom is 0.289 e.